The van der Waals surface area contributed by atoms with Gasteiger partial charge in [-0.15, -0.1) is 11.3 Å². The first-order chi connectivity index (χ1) is 17.9. The summed E-state index contributed by atoms with van der Waals surface area (Å²) in [6, 6.07) is 21.1. The number of aromatic hydroxyl groups is 1. The molecule has 8 heteroatoms. The molecule has 2 atom stereocenters. The van der Waals surface area contributed by atoms with Crippen LogP contribution in [-0.4, -0.2) is 50.6 Å². The van der Waals surface area contributed by atoms with Crippen LogP contribution in [0.3, 0.4) is 0 Å². The third-order valence-electron chi connectivity index (χ3n) is 6.58. The summed E-state index contributed by atoms with van der Waals surface area (Å²) >= 11 is 1.59. The SMILES string of the molecule is Cc1ncsc1-c1ccc(CNC(=O)C2CC(O)CN2C(=O)c2cccc(-c3ccc(O)cc3)c2)cc1. The number of amides is 2. The summed E-state index contributed by atoms with van der Waals surface area (Å²) in [6.07, 6.45) is -0.569. The average molecular weight is 514 g/mol. The van der Waals surface area contributed by atoms with Crippen molar-refractivity contribution in [2.75, 3.05) is 6.54 Å². The monoisotopic (exact) mass is 513 g/mol. The van der Waals surface area contributed by atoms with Crippen molar-refractivity contribution < 1.29 is 19.8 Å². The van der Waals surface area contributed by atoms with Crippen molar-refractivity contribution in [2.45, 2.75) is 32.0 Å². The second kappa shape index (κ2) is 10.5. The van der Waals surface area contributed by atoms with Crippen LogP contribution >= 0.6 is 11.3 Å². The van der Waals surface area contributed by atoms with Gasteiger partial charge in [0.25, 0.3) is 5.91 Å². The summed E-state index contributed by atoms with van der Waals surface area (Å²) in [5.74, 6) is -0.426. The summed E-state index contributed by atoms with van der Waals surface area (Å²) in [5, 5.41) is 22.8. The molecule has 37 heavy (non-hydrogen) atoms. The molecule has 0 aliphatic carbocycles. The minimum atomic E-state index is -0.762. The van der Waals surface area contributed by atoms with Gasteiger partial charge in [0.2, 0.25) is 5.91 Å². The van der Waals surface area contributed by atoms with E-state index >= 15 is 0 Å². The fourth-order valence-corrected chi connectivity index (χ4v) is 5.41. The van der Waals surface area contributed by atoms with Crippen LogP contribution in [0.25, 0.3) is 21.6 Å². The summed E-state index contributed by atoms with van der Waals surface area (Å²) in [4.78, 5) is 33.3. The maximum atomic E-state index is 13.4. The molecule has 2 amide bonds. The number of rotatable bonds is 6. The van der Waals surface area contributed by atoms with Gasteiger partial charge in [0.05, 0.1) is 22.2 Å². The van der Waals surface area contributed by atoms with Crippen LogP contribution < -0.4 is 5.32 Å². The molecule has 2 unspecified atom stereocenters. The number of carbonyl (C=O) groups is 2. The Hall–Kier alpha value is -4.01. The molecule has 1 aromatic heterocycles. The number of nitrogens with one attached hydrogen (secondary N) is 1. The maximum absolute atomic E-state index is 13.4. The molecular weight excluding hydrogens is 486 g/mol. The van der Waals surface area contributed by atoms with Gasteiger partial charge in [-0.2, -0.15) is 0 Å². The highest BCUT2D eigenvalue weighted by molar-refractivity contribution is 7.13. The van der Waals surface area contributed by atoms with Crippen molar-refractivity contribution in [3.05, 3.63) is 95.1 Å². The minimum Gasteiger partial charge on any atom is -0.508 e. The average Bonchev–Trinajstić information content (AvgIpc) is 3.53. The Kier molecular flexibility index (Phi) is 7.03. The number of β-amino-alcohol motifs (C(OH)–C–C–N with tert-alkyl or cyclic N) is 1. The molecule has 1 fully saturated rings. The molecule has 0 bridgehead atoms. The molecule has 7 nitrogen and oxygen atoms in total. The number of phenolic OH excluding ortho intramolecular Hbond substituents is 1. The Morgan fingerprint density at radius 1 is 1.03 bits per heavy atom. The Balaban J connectivity index is 1.26. The zero-order chi connectivity index (χ0) is 25.9. The molecule has 188 valence electrons. The van der Waals surface area contributed by atoms with E-state index in [-0.39, 0.29) is 30.5 Å². The summed E-state index contributed by atoms with van der Waals surface area (Å²) in [5.41, 5.74) is 6.96. The van der Waals surface area contributed by atoms with Crippen LogP contribution in [0.2, 0.25) is 0 Å². The molecule has 1 saturated heterocycles. The summed E-state index contributed by atoms with van der Waals surface area (Å²) in [7, 11) is 0. The maximum Gasteiger partial charge on any atom is 0.254 e. The van der Waals surface area contributed by atoms with E-state index in [9.17, 15) is 19.8 Å². The minimum absolute atomic E-state index is 0.100. The van der Waals surface area contributed by atoms with Gasteiger partial charge in [0.15, 0.2) is 0 Å². The molecule has 5 rings (SSSR count). The third kappa shape index (κ3) is 5.40. The van der Waals surface area contributed by atoms with Crippen LogP contribution in [-0.2, 0) is 11.3 Å². The molecular formula is C29H27N3O4S. The van der Waals surface area contributed by atoms with E-state index in [1.807, 2.05) is 42.8 Å². The van der Waals surface area contributed by atoms with E-state index < -0.39 is 12.1 Å². The first-order valence-corrected chi connectivity index (χ1v) is 12.9. The molecule has 3 N–H and O–H groups in total. The van der Waals surface area contributed by atoms with Crippen molar-refractivity contribution in [3.8, 4) is 27.3 Å². The van der Waals surface area contributed by atoms with E-state index in [1.54, 1.807) is 53.8 Å². The summed E-state index contributed by atoms with van der Waals surface area (Å²) in [6.45, 7) is 2.40. The summed E-state index contributed by atoms with van der Waals surface area (Å²) < 4.78 is 0. The van der Waals surface area contributed by atoms with Gasteiger partial charge in [-0.25, -0.2) is 4.98 Å². The predicted octanol–water partition coefficient (Wildman–Crippen LogP) is 4.38. The number of likely N-dealkylation sites (tertiary alicyclic amines) is 1. The van der Waals surface area contributed by atoms with Gasteiger partial charge < -0.3 is 20.4 Å². The molecule has 1 aliphatic heterocycles. The van der Waals surface area contributed by atoms with Gasteiger partial charge in [-0.1, -0.05) is 48.5 Å². The number of benzene rings is 3. The van der Waals surface area contributed by atoms with Crippen molar-refractivity contribution in [1.29, 1.82) is 0 Å². The Morgan fingerprint density at radius 2 is 1.76 bits per heavy atom. The second-order valence-corrected chi connectivity index (χ2v) is 10.0. The molecule has 0 spiro atoms. The standard InChI is InChI=1S/C29H27N3O4S/c1-18-27(37-17-31-18)21-7-5-19(6-8-21)15-30-28(35)26-14-25(34)16-32(26)29(36)23-4-2-3-22(13-23)20-9-11-24(33)12-10-20/h2-13,17,25-26,33-34H,14-16H2,1H3,(H,30,35). The highest BCUT2D eigenvalue weighted by Crippen LogP contribution is 2.28. The fourth-order valence-electron chi connectivity index (χ4n) is 4.60. The number of hydrogen-bond donors (Lipinski definition) is 3. The van der Waals surface area contributed by atoms with E-state index in [0.29, 0.717) is 12.1 Å². The highest BCUT2D eigenvalue weighted by Gasteiger charge is 2.39. The Morgan fingerprint density at radius 3 is 2.46 bits per heavy atom. The number of aryl methyl sites for hydroxylation is 1. The third-order valence-corrected chi connectivity index (χ3v) is 7.56. The number of hydrogen-bond acceptors (Lipinski definition) is 6. The smallest absolute Gasteiger partial charge is 0.254 e. The lowest BCUT2D eigenvalue weighted by atomic mass is 10.0. The lowest BCUT2D eigenvalue weighted by Gasteiger charge is -2.24. The molecule has 1 aliphatic rings. The van der Waals surface area contributed by atoms with Crippen molar-refractivity contribution in [2.24, 2.45) is 0 Å². The molecule has 3 aromatic carbocycles. The fraction of sp³-hybridized carbons (Fsp3) is 0.207. The van der Waals surface area contributed by atoms with Gasteiger partial charge >= 0.3 is 0 Å². The second-order valence-electron chi connectivity index (χ2n) is 9.17. The molecule has 4 aromatic rings. The van der Waals surface area contributed by atoms with Crippen molar-refractivity contribution >= 4 is 23.2 Å². The zero-order valence-corrected chi connectivity index (χ0v) is 21.1. The largest absolute Gasteiger partial charge is 0.508 e. The normalized spacial score (nSPS) is 17.1. The van der Waals surface area contributed by atoms with Gasteiger partial charge in [0.1, 0.15) is 11.8 Å². The lowest BCUT2D eigenvalue weighted by molar-refractivity contribution is -0.125. The molecule has 0 saturated carbocycles. The van der Waals surface area contributed by atoms with Crippen LogP contribution in [0.4, 0.5) is 0 Å². The lowest BCUT2D eigenvalue weighted by Crippen LogP contribution is -2.45. The van der Waals surface area contributed by atoms with E-state index in [4.69, 9.17) is 0 Å². The number of thiazole rings is 1. The zero-order valence-electron chi connectivity index (χ0n) is 20.3. The number of aliphatic hydroxyl groups is 1. The van der Waals surface area contributed by atoms with Gasteiger partial charge in [0, 0.05) is 25.1 Å². The van der Waals surface area contributed by atoms with Crippen LogP contribution in [0.1, 0.15) is 28.0 Å². The van der Waals surface area contributed by atoms with Crippen molar-refractivity contribution in [3.63, 3.8) is 0 Å². The van der Waals surface area contributed by atoms with Crippen LogP contribution in [0, 0.1) is 6.92 Å². The van der Waals surface area contributed by atoms with E-state index in [1.165, 1.54) is 4.90 Å². The van der Waals surface area contributed by atoms with Crippen LogP contribution in [0.15, 0.2) is 78.3 Å². The van der Waals surface area contributed by atoms with E-state index in [0.717, 1.165) is 32.8 Å². The van der Waals surface area contributed by atoms with Gasteiger partial charge in [-0.3, -0.25) is 9.59 Å². The van der Waals surface area contributed by atoms with Gasteiger partial charge in [-0.05, 0) is 53.4 Å². The number of carbonyl (C=O) groups excluding carboxylic acids is 2. The number of aromatic nitrogens is 1. The number of aliphatic hydroxyl groups excluding tert-OH is 1. The first-order valence-electron chi connectivity index (χ1n) is 12.0. The van der Waals surface area contributed by atoms with Crippen molar-refractivity contribution in [1.82, 2.24) is 15.2 Å². The molecule has 2 heterocycles. The van der Waals surface area contributed by atoms with Crippen LogP contribution in [0.5, 0.6) is 5.75 Å². The molecule has 0 radical (unpaired) electrons. The highest BCUT2D eigenvalue weighted by atomic mass is 32.1. The topological polar surface area (TPSA) is 103 Å². The Labute approximate surface area is 219 Å². The Bertz CT molecular complexity index is 1420. The number of nitrogens with zero attached hydrogens (tertiary/aromatic N) is 2. The van der Waals surface area contributed by atoms with E-state index in [2.05, 4.69) is 10.3 Å². The predicted molar refractivity (Wildman–Crippen MR) is 143 cm³/mol. The number of phenols is 1. The first kappa shape index (κ1) is 24.7. The quantitative estimate of drug-likeness (QED) is 0.355.